The average Bonchev–Trinajstić information content (AvgIpc) is 2.84. The van der Waals surface area contributed by atoms with E-state index in [1.807, 2.05) is 44.2 Å². The van der Waals surface area contributed by atoms with Crippen molar-refractivity contribution in [2.45, 2.75) is 45.6 Å². The van der Waals surface area contributed by atoms with E-state index in [4.69, 9.17) is 9.47 Å². The van der Waals surface area contributed by atoms with Gasteiger partial charge in [-0.2, -0.15) is 0 Å². The number of methoxy groups -OCH3 is 1. The van der Waals surface area contributed by atoms with E-state index >= 15 is 0 Å². The fourth-order valence-electron chi connectivity index (χ4n) is 3.88. The molecule has 0 saturated heterocycles. The summed E-state index contributed by atoms with van der Waals surface area (Å²) in [4.78, 5) is 29.5. The van der Waals surface area contributed by atoms with Crippen molar-refractivity contribution in [3.63, 3.8) is 0 Å². The molecule has 3 atom stereocenters. The van der Waals surface area contributed by atoms with Gasteiger partial charge in [0.2, 0.25) is 0 Å². The first-order valence-electron chi connectivity index (χ1n) is 11.4. The quantitative estimate of drug-likeness (QED) is 0.327. The molecule has 0 aliphatic heterocycles. The molecule has 0 bridgehead atoms. The van der Waals surface area contributed by atoms with Crippen molar-refractivity contribution >= 4 is 11.8 Å². The van der Waals surface area contributed by atoms with E-state index in [0.717, 1.165) is 11.1 Å². The topological polar surface area (TPSA) is 85.7 Å². The average molecular weight is 462 g/mol. The van der Waals surface area contributed by atoms with Crippen LogP contribution in [0, 0.1) is 12.8 Å². The van der Waals surface area contributed by atoms with E-state index in [1.54, 1.807) is 6.92 Å². The Morgan fingerprint density at radius 1 is 1.00 bits per heavy atom. The summed E-state index contributed by atoms with van der Waals surface area (Å²) in [5.41, 5.74) is 3.31. The SMILES string of the molecule is COc1ccnc(C(=O)C[C@@H](C)C(=O)O[C@@H](C)[C@H](Cc2ccc(C)cc2)c2ccccc2)c1O. The van der Waals surface area contributed by atoms with Crippen LogP contribution in [-0.4, -0.2) is 35.1 Å². The number of nitrogens with zero attached hydrogens (tertiary/aromatic N) is 1. The summed E-state index contributed by atoms with van der Waals surface area (Å²) in [6.07, 6.45) is 1.56. The number of rotatable bonds is 10. The first-order valence-corrected chi connectivity index (χ1v) is 11.4. The summed E-state index contributed by atoms with van der Waals surface area (Å²) in [7, 11) is 1.39. The number of Topliss-reactive ketones (excluding diaryl/α,β-unsaturated/α-hetero) is 1. The molecular weight excluding hydrogens is 430 g/mol. The van der Waals surface area contributed by atoms with Gasteiger partial charge in [-0.25, -0.2) is 4.98 Å². The van der Waals surface area contributed by atoms with Gasteiger partial charge >= 0.3 is 5.97 Å². The van der Waals surface area contributed by atoms with E-state index in [1.165, 1.54) is 24.9 Å². The van der Waals surface area contributed by atoms with Crippen molar-refractivity contribution in [2.75, 3.05) is 7.11 Å². The molecule has 6 nitrogen and oxygen atoms in total. The molecule has 0 radical (unpaired) electrons. The molecule has 178 valence electrons. The molecule has 0 fully saturated rings. The van der Waals surface area contributed by atoms with Gasteiger partial charge in [0.1, 0.15) is 6.10 Å². The predicted molar refractivity (Wildman–Crippen MR) is 130 cm³/mol. The van der Waals surface area contributed by atoms with Crippen LogP contribution in [-0.2, 0) is 16.0 Å². The zero-order chi connectivity index (χ0) is 24.7. The van der Waals surface area contributed by atoms with E-state index in [9.17, 15) is 14.7 Å². The van der Waals surface area contributed by atoms with Gasteiger partial charge in [0.25, 0.3) is 0 Å². The molecule has 0 saturated carbocycles. The van der Waals surface area contributed by atoms with Crippen molar-refractivity contribution in [3.05, 3.63) is 89.2 Å². The van der Waals surface area contributed by atoms with Gasteiger partial charge in [0.05, 0.1) is 13.0 Å². The Morgan fingerprint density at radius 2 is 1.68 bits per heavy atom. The van der Waals surface area contributed by atoms with Crippen molar-refractivity contribution in [1.82, 2.24) is 4.98 Å². The predicted octanol–water partition coefficient (Wildman–Crippen LogP) is 5.27. The number of carbonyl (C=O) groups is 2. The summed E-state index contributed by atoms with van der Waals surface area (Å²) >= 11 is 0. The Morgan fingerprint density at radius 3 is 2.32 bits per heavy atom. The largest absolute Gasteiger partial charge is 0.503 e. The van der Waals surface area contributed by atoms with Crippen LogP contribution in [0.4, 0.5) is 0 Å². The van der Waals surface area contributed by atoms with E-state index < -0.39 is 23.8 Å². The second-order valence-corrected chi connectivity index (χ2v) is 8.59. The number of aromatic nitrogens is 1. The highest BCUT2D eigenvalue weighted by Gasteiger charge is 2.28. The summed E-state index contributed by atoms with van der Waals surface area (Å²) < 4.78 is 10.9. The fraction of sp³-hybridized carbons (Fsp3) is 0.321. The Kier molecular flexibility index (Phi) is 8.41. The van der Waals surface area contributed by atoms with Crippen LogP contribution in [0.3, 0.4) is 0 Å². The van der Waals surface area contributed by atoms with Gasteiger partial charge in [-0.05, 0) is 31.4 Å². The minimum absolute atomic E-state index is 0.0418. The molecule has 1 aromatic heterocycles. The minimum atomic E-state index is -0.696. The first kappa shape index (κ1) is 25.0. The van der Waals surface area contributed by atoms with Crippen LogP contribution in [0.2, 0.25) is 0 Å². The molecule has 0 aliphatic rings. The molecule has 0 aliphatic carbocycles. The van der Waals surface area contributed by atoms with E-state index in [0.29, 0.717) is 6.42 Å². The summed E-state index contributed by atoms with van der Waals surface area (Å²) in [6.45, 7) is 5.57. The van der Waals surface area contributed by atoms with Crippen molar-refractivity contribution in [1.29, 1.82) is 0 Å². The van der Waals surface area contributed by atoms with Crippen LogP contribution in [0.15, 0.2) is 66.9 Å². The number of aromatic hydroxyl groups is 1. The van der Waals surface area contributed by atoms with E-state index in [2.05, 4.69) is 29.2 Å². The molecular formula is C28H31NO5. The highest BCUT2D eigenvalue weighted by molar-refractivity contribution is 5.99. The van der Waals surface area contributed by atoms with Crippen LogP contribution >= 0.6 is 0 Å². The number of carbonyl (C=O) groups excluding carboxylic acids is 2. The Hall–Kier alpha value is -3.67. The molecule has 0 amide bonds. The maximum absolute atomic E-state index is 12.9. The van der Waals surface area contributed by atoms with Gasteiger partial charge in [-0.3, -0.25) is 9.59 Å². The molecule has 0 unspecified atom stereocenters. The third-order valence-electron chi connectivity index (χ3n) is 5.94. The number of esters is 1. The maximum Gasteiger partial charge on any atom is 0.309 e. The molecule has 1 N–H and O–H groups in total. The number of ether oxygens (including phenoxy) is 2. The molecule has 6 heteroatoms. The number of benzene rings is 2. The Bertz CT molecular complexity index is 1110. The molecule has 0 spiro atoms. The molecule has 1 heterocycles. The highest BCUT2D eigenvalue weighted by Crippen LogP contribution is 2.30. The van der Waals surface area contributed by atoms with Gasteiger partial charge in [0, 0.05) is 24.6 Å². The smallest absolute Gasteiger partial charge is 0.309 e. The zero-order valence-corrected chi connectivity index (χ0v) is 20.0. The van der Waals surface area contributed by atoms with Crippen molar-refractivity contribution in [3.8, 4) is 11.5 Å². The van der Waals surface area contributed by atoms with Gasteiger partial charge < -0.3 is 14.6 Å². The zero-order valence-electron chi connectivity index (χ0n) is 20.0. The van der Waals surface area contributed by atoms with Gasteiger partial charge in [-0.15, -0.1) is 0 Å². The Balaban J connectivity index is 1.70. The number of hydrogen-bond acceptors (Lipinski definition) is 6. The van der Waals surface area contributed by atoms with Crippen molar-refractivity contribution in [2.24, 2.45) is 5.92 Å². The number of pyridine rings is 1. The summed E-state index contributed by atoms with van der Waals surface area (Å²) in [5.74, 6) is -1.82. The maximum atomic E-state index is 12.9. The third-order valence-corrected chi connectivity index (χ3v) is 5.94. The lowest BCUT2D eigenvalue weighted by atomic mass is 9.87. The lowest BCUT2D eigenvalue weighted by molar-refractivity contribution is -0.153. The van der Waals surface area contributed by atoms with Gasteiger partial charge in [-0.1, -0.05) is 67.1 Å². The highest BCUT2D eigenvalue weighted by atomic mass is 16.5. The van der Waals surface area contributed by atoms with Crippen LogP contribution in [0.25, 0.3) is 0 Å². The molecule has 34 heavy (non-hydrogen) atoms. The Labute approximate surface area is 200 Å². The first-order chi connectivity index (χ1) is 16.3. The lowest BCUT2D eigenvalue weighted by Crippen LogP contribution is -2.28. The molecule has 3 rings (SSSR count). The minimum Gasteiger partial charge on any atom is -0.503 e. The van der Waals surface area contributed by atoms with Crippen molar-refractivity contribution < 1.29 is 24.2 Å². The number of hydrogen-bond donors (Lipinski definition) is 1. The molecule has 2 aromatic carbocycles. The second-order valence-electron chi connectivity index (χ2n) is 8.59. The summed E-state index contributed by atoms with van der Waals surface area (Å²) in [6, 6.07) is 19.8. The van der Waals surface area contributed by atoms with Crippen LogP contribution in [0.5, 0.6) is 11.5 Å². The van der Waals surface area contributed by atoms with Crippen LogP contribution in [0.1, 0.15) is 53.4 Å². The van der Waals surface area contributed by atoms with Crippen LogP contribution < -0.4 is 4.74 Å². The lowest BCUT2D eigenvalue weighted by Gasteiger charge is -2.26. The fourth-order valence-corrected chi connectivity index (χ4v) is 3.88. The number of aryl methyl sites for hydroxylation is 1. The second kappa shape index (κ2) is 11.5. The van der Waals surface area contributed by atoms with Gasteiger partial charge in [0.15, 0.2) is 23.0 Å². The number of ketones is 1. The normalized spacial score (nSPS) is 13.5. The van der Waals surface area contributed by atoms with E-state index in [-0.39, 0.29) is 29.5 Å². The monoisotopic (exact) mass is 461 g/mol. The standard InChI is InChI=1S/C28H31NO5/c1-18-10-12-21(13-11-18)17-23(22-8-6-5-7-9-22)20(3)34-28(32)19(2)16-24(30)26-27(31)25(33-4)14-15-29-26/h5-15,19-20,23,31H,16-17H2,1-4H3/t19-,20+,23+/m1/s1. The summed E-state index contributed by atoms with van der Waals surface area (Å²) in [5, 5.41) is 10.2. The molecule has 3 aromatic rings. The third kappa shape index (κ3) is 6.22.